The van der Waals surface area contributed by atoms with Crippen LogP contribution in [-0.4, -0.2) is 30.1 Å². The number of anilines is 1. The molecule has 1 aliphatic rings. The van der Waals surface area contributed by atoms with Crippen LogP contribution in [0.2, 0.25) is 0 Å². The van der Waals surface area contributed by atoms with Crippen molar-refractivity contribution in [2.24, 2.45) is 5.73 Å². The number of morpholine rings is 1. The Hall–Kier alpha value is -1.07. The molecule has 0 atom stereocenters. The summed E-state index contributed by atoms with van der Waals surface area (Å²) in [5, 5.41) is 7.77. The first-order chi connectivity index (χ1) is 9.10. The molecule has 0 aliphatic carbocycles. The summed E-state index contributed by atoms with van der Waals surface area (Å²) in [4.78, 5) is 2.25. The van der Waals surface area contributed by atoms with Crippen LogP contribution in [0, 0.1) is 5.41 Å². The summed E-state index contributed by atoms with van der Waals surface area (Å²) in [7, 11) is 0. The number of hydrogen-bond donors (Lipinski definition) is 2. The zero-order chi connectivity index (χ0) is 15.1. The van der Waals surface area contributed by atoms with Gasteiger partial charge < -0.3 is 15.4 Å². The summed E-state index contributed by atoms with van der Waals surface area (Å²) in [6, 6.07) is 5.82. The van der Waals surface area contributed by atoms with Gasteiger partial charge >= 0.3 is 0 Å². The summed E-state index contributed by atoms with van der Waals surface area (Å²) in [5.74, 6) is 0.0922. The van der Waals surface area contributed by atoms with E-state index in [4.69, 9.17) is 15.9 Å². The summed E-state index contributed by atoms with van der Waals surface area (Å²) in [6.07, 6.45) is 0. The first-order valence-corrected chi connectivity index (χ1v) is 7.48. The van der Waals surface area contributed by atoms with Crippen LogP contribution < -0.4 is 10.6 Å². The van der Waals surface area contributed by atoms with Crippen LogP contribution in [0.5, 0.6) is 0 Å². The number of nitrogens with zero attached hydrogens (tertiary/aromatic N) is 1. The van der Waals surface area contributed by atoms with Gasteiger partial charge in [-0.15, -0.1) is 0 Å². The third kappa shape index (κ3) is 3.33. The Labute approximate surface area is 128 Å². The topological polar surface area (TPSA) is 62.3 Å². The highest BCUT2D eigenvalue weighted by atomic mass is 79.9. The minimum Gasteiger partial charge on any atom is -0.384 e. The zero-order valence-electron chi connectivity index (χ0n) is 12.5. The average molecular weight is 340 g/mol. The Morgan fingerprint density at radius 3 is 2.30 bits per heavy atom. The quantitative estimate of drug-likeness (QED) is 0.642. The van der Waals surface area contributed by atoms with Crippen LogP contribution in [0.15, 0.2) is 22.7 Å². The molecule has 5 heteroatoms. The maximum absolute atomic E-state index is 7.77. The highest BCUT2D eigenvalue weighted by molar-refractivity contribution is 9.10. The van der Waals surface area contributed by atoms with E-state index in [0.717, 1.165) is 28.8 Å². The van der Waals surface area contributed by atoms with E-state index in [1.165, 1.54) is 0 Å². The monoisotopic (exact) mass is 339 g/mol. The van der Waals surface area contributed by atoms with E-state index in [0.29, 0.717) is 0 Å². The van der Waals surface area contributed by atoms with Crippen molar-refractivity contribution < 1.29 is 4.74 Å². The molecule has 2 rings (SSSR count). The zero-order valence-corrected chi connectivity index (χ0v) is 14.0. The van der Waals surface area contributed by atoms with Crippen molar-refractivity contribution in [3.8, 4) is 0 Å². The molecule has 1 fully saturated rings. The predicted molar refractivity (Wildman–Crippen MR) is 86.6 cm³/mol. The highest BCUT2D eigenvalue weighted by Crippen LogP contribution is 2.34. The number of hydrogen-bond acceptors (Lipinski definition) is 3. The first-order valence-electron chi connectivity index (χ1n) is 6.69. The van der Waals surface area contributed by atoms with Crippen molar-refractivity contribution in [1.29, 1.82) is 5.41 Å². The van der Waals surface area contributed by atoms with Crippen LogP contribution >= 0.6 is 15.9 Å². The Bertz CT molecular complexity index is 524. The molecule has 4 nitrogen and oxygen atoms in total. The van der Waals surface area contributed by atoms with Gasteiger partial charge in [-0.2, -0.15) is 0 Å². The fourth-order valence-electron chi connectivity index (χ4n) is 2.95. The van der Waals surface area contributed by atoms with Crippen LogP contribution in [0.3, 0.4) is 0 Å². The van der Waals surface area contributed by atoms with Gasteiger partial charge in [0, 0.05) is 28.8 Å². The molecule has 0 bridgehead atoms. The standard InChI is InChI=1S/C15H22BrN3O/c1-14(2)8-19(9-15(3,4)20-14)12-7-10(16)5-6-11(12)13(17)18/h5-7H,8-9H2,1-4H3,(H3,17,18). The largest absolute Gasteiger partial charge is 0.384 e. The van der Waals surface area contributed by atoms with E-state index >= 15 is 0 Å². The molecule has 1 aromatic rings. The SMILES string of the molecule is CC1(C)CN(c2cc(Br)ccc2C(=N)N)CC(C)(C)O1. The molecule has 0 amide bonds. The molecule has 0 spiro atoms. The third-order valence-corrected chi connectivity index (χ3v) is 3.78. The van der Waals surface area contributed by atoms with Gasteiger partial charge in [0.2, 0.25) is 0 Å². The second kappa shape index (κ2) is 5.04. The number of nitrogens with two attached hydrogens (primary N) is 1. The number of nitrogen functional groups attached to an aromatic ring is 1. The van der Waals surface area contributed by atoms with Crippen molar-refractivity contribution in [1.82, 2.24) is 0 Å². The smallest absolute Gasteiger partial charge is 0.124 e. The third-order valence-electron chi connectivity index (χ3n) is 3.29. The van der Waals surface area contributed by atoms with E-state index in [9.17, 15) is 0 Å². The first kappa shape index (κ1) is 15.3. The van der Waals surface area contributed by atoms with Crippen molar-refractivity contribution >= 4 is 27.5 Å². The number of nitrogens with one attached hydrogen (secondary N) is 1. The lowest BCUT2D eigenvalue weighted by Gasteiger charge is -2.48. The Kier molecular flexibility index (Phi) is 3.86. The molecule has 110 valence electrons. The van der Waals surface area contributed by atoms with Crippen molar-refractivity contribution in [2.75, 3.05) is 18.0 Å². The van der Waals surface area contributed by atoms with Crippen LogP contribution in [0.25, 0.3) is 0 Å². The number of rotatable bonds is 2. The lowest BCUT2D eigenvalue weighted by Crippen LogP contribution is -2.57. The number of benzene rings is 1. The molecular weight excluding hydrogens is 318 g/mol. The summed E-state index contributed by atoms with van der Waals surface area (Å²) >= 11 is 3.50. The minimum absolute atomic E-state index is 0.0922. The van der Waals surface area contributed by atoms with Gasteiger partial charge in [0.25, 0.3) is 0 Å². The molecule has 0 saturated carbocycles. The molecule has 20 heavy (non-hydrogen) atoms. The second-order valence-electron chi connectivity index (χ2n) is 6.55. The average Bonchev–Trinajstić information content (AvgIpc) is 2.24. The van der Waals surface area contributed by atoms with Gasteiger partial charge in [-0.3, -0.25) is 5.41 Å². The van der Waals surface area contributed by atoms with Crippen molar-refractivity contribution in [3.05, 3.63) is 28.2 Å². The fourth-order valence-corrected chi connectivity index (χ4v) is 3.30. The summed E-state index contributed by atoms with van der Waals surface area (Å²) in [5.41, 5.74) is 6.99. The predicted octanol–water partition coefficient (Wildman–Crippen LogP) is 3.13. The number of halogens is 1. The second-order valence-corrected chi connectivity index (χ2v) is 7.47. The molecule has 1 saturated heterocycles. The van der Waals surface area contributed by atoms with Crippen LogP contribution in [0.1, 0.15) is 33.3 Å². The van der Waals surface area contributed by atoms with Gasteiger partial charge in [0.05, 0.1) is 11.2 Å². The number of ether oxygens (including phenoxy) is 1. The van der Waals surface area contributed by atoms with Gasteiger partial charge in [0.1, 0.15) is 5.84 Å². The van der Waals surface area contributed by atoms with Crippen molar-refractivity contribution in [3.63, 3.8) is 0 Å². The lowest BCUT2D eigenvalue weighted by molar-refractivity contribution is -0.133. The van der Waals surface area contributed by atoms with Crippen LogP contribution in [-0.2, 0) is 4.74 Å². The Morgan fingerprint density at radius 2 is 1.80 bits per heavy atom. The van der Waals surface area contributed by atoms with Gasteiger partial charge in [-0.1, -0.05) is 15.9 Å². The molecular formula is C15H22BrN3O. The minimum atomic E-state index is -0.238. The molecule has 1 aromatic carbocycles. The molecule has 1 heterocycles. The van der Waals surface area contributed by atoms with Gasteiger partial charge in [-0.05, 0) is 45.9 Å². The molecule has 0 unspecified atom stereocenters. The Balaban J connectivity index is 2.45. The number of amidine groups is 1. The fraction of sp³-hybridized carbons (Fsp3) is 0.533. The van der Waals surface area contributed by atoms with E-state index < -0.39 is 0 Å². The van der Waals surface area contributed by atoms with E-state index in [1.54, 1.807) is 0 Å². The lowest BCUT2D eigenvalue weighted by atomic mass is 9.97. The van der Waals surface area contributed by atoms with Crippen LogP contribution in [0.4, 0.5) is 5.69 Å². The highest BCUT2D eigenvalue weighted by Gasteiger charge is 2.38. The van der Waals surface area contributed by atoms with Gasteiger partial charge in [-0.25, -0.2) is 0 Å². The molecule has 0 radical (unpaired) electrons. The van der Waals surface area contributed by atoms with E-state index in [-0.39, 0.29) is 17.0 Å². The molecule has 1 aliphatic heterocycles. The van der Waals surface area contributed by atoms with E-state index in [2.05, 4.69) is 48.5 Å². The summed E-state index contributed by atoms with van der Waals surface area (Å²) in [6.45, 7) is 9.90. The summed E-state index contributed by atoms with van der Waals surface area (Å²) < 4.78 is 7.09. The normalized spacial score (nSPS) is 20.8. The maximum Gasteiger partial charge on any atom is 0.124 e. The maximum atomic E-state index is 7.77. The van der Waals surface area contributed by atoms with Gasteiger partial charge in [0.15, 0.2) is 0 Å². The Morgan fingerprint density at radius 1 is 1.25 bits per heavy atom. The molecule has 3 N–H and O–H groups in total. The molecule has 0 aromatic heterocycles. The van der Waals surface area contributed by atoms with E-state index in [1.807, 2.05) is 18.2 Å². The van der Waals surface area contributed by atoms with Crippen molar-refractivity contribution in [2.45, 2.75) is 38.9 Å².